The van der Waals surface area contributed by atoms with Crippen LogP contribution in [0.1, 0.15) is 52.4 Å². The van der Waals surface area contributed by atoms with Crippen LogP contribution in [0.15, 0.2) is 23.3 Å². The Morgan fingerprint density at radius 2 is 0.969 bits per heavy atom. The van der Waals surface area contributed by atoms with Gasteiger partial charge in [-0.15, -0.1) is 0 Å². The van der Waals surface area contributed by atoms with Crippen molar-refractivity contribution < 1.29 is 80.2 Å². The fourth-order valence-electron chi connectivity index (χ4n) is 2.24. The van der Waals surface area contributed by atoms with E-state index in [1.54, 1.807) is 13.8 Å². The van der Waals surface area contributed by atoms with Crippen LogP contribution >= 0.6 is 0 Å². The summed E-state index contributed by atoms with van der Waals surface area (Å²) in [5.41, 5.74) is -1.08. The van der Waals surface area contributed by atoms with E-state index in [0.717, 1.165) is 0 Å². The number of rotatable bonds is 17. The molecule has 0 rings (SSSR count). The molecule has 186 valence electrons. The molecule has 0 bridgehead atoms. The highest BCUT2D eigenvalue weighted by molar-refractivity contribution is 5.82. The van der Waals surface area contributed by atoms with E-state index in [2.05, 4.69) is 39.1 Å². The van der Waals surface area contributed by atoms with Gasteiger partial charge in [0.05, 0.1) is 0 Å². The van der Waals surface area contributed by atoms with Crippen molar-refractivity contribution in [3.63, 3.8) is 0 Å². The molecule has 0 atom stereocenters. The third-order valence-electron chi connectivity index (χ3n) is 3.89. The number of hydrogen-bond donors (Lipinski definition) is 6. The molecule has 0 amide bonds. The SMILES string of the molecule is CCCCC(=CC(=O)OO)C(OO)(OO)OOC(OO)(OO)C(=CC(=O)OO)CCCC. The average Bonchev–Trinajstić information content (AvgIpc) is 2.83. The maximum absolute atomic E-state index is 11.4. The minimum absolute atomic E-state index is 0.196. The molecule has 16 heteroatoms. The van der Waals surface area contributed by atoms with Crippen LogP contribution in [0.3, 0.4) is 0 Å². The van der Waals surface area contributed by atoms with Gasteiger partial charge in [0.25, 0.3) is 0 Å². The largest absolute Gasteiger partial charge is 0.388 e. The van der Waals surface area contributed by atoms with Gasteiger partial charge in [0.2, 0.25) is 0 Å². The highest BCUT2D eigenvalue weighted by Gasteiger charge is 2.49. The summed E-state index contributed by atoms with van der Waals surface area (Å²) >= 11 is 0. The van der Waals surface area contributed by atoms with Gasteiger partial charge in [0.1, 0.15) is 0 Å². The Morgan fingerprint density at radius 1 is 0.656 bits per heavy atom. The quantitative estimate of drug-likeness (QED) is 0.0769. The molecule has 0 fully saturated rings. The second kappa shape index (κ2) is 15.7. The van der Waals surface area contributed by atoms with Gasteiger partial charge >= 0.3 is 23.9 Å². The molecule has 16 nitrogen and oxygen atoms in total. The summed E-state index contributed by atoms with van der Waals surface area (Å²) in [6.45, 7) is 3.46. The molecule has 0 heterocycles. The minimum atomic E-state index is -3.18. The number of unbranched alkanes of at least 4 members (excludes halogenated alkanes) is 2. The fraction of sp³-hybridized carbons (Fsp3) is 0.625. The van der Waals surface area contributed by atoms with Gasteiger partial charge in [0.15, 0.2) is 0 Å². The first-order chi connectivity index (χ1) is 15.3. The van der Waals surface area contributed by atoms with Gasteiger partial charge in [-0.25, -0.2) is 30.6 Å². The van der Waals surface area contributed by atoms with Crippen molar-refractivity contribution in [1.82, 2.24) is 0 Å². The zero-order valence-corrected chi connectivity index (χ0v) is 17.2. The average molecular weight is 474 g/mol. The lowest BCUT2D eigenvalue weighted by Gasteiger charge is -2.32. The topological polar surface area (TPSA) is 229 Å². The molecule has 6 N–H and O–H groups in total. The summed E-state index contributed by atoms with van der Waals surface area (Å²) in [5, 5.41) is 54.0. The third kappa shape index (κ3) is 8.47. The van der Waals surface area contributed by atoms with E-state index < -0.39 is 35.0 Å². The molecule has 0 aliphatic rings. The molecule has 32 heavy (non-hydrogen) atoms. The van der Waals surface area contributed by atoms with Crippen LogP contribution in [0.2, 0.25) is 0 Å². The fourth-order valence-corrected chi connectivity index (χ4v) is 2.24. The maximum Gasteiger partial charge on any atom is 0.388 e. The summed E-state index contributed by atoms with van der Waals surface area (Å²) < 4.78 is 0. The maximum atomic E-state index is 11.4. The predicted molar refractivity (Wildman–Crippen MR) is 95.1 cm³/mol. The predicted octanol–water partition coefficient (Wildman–Crippen LogP) is 2.47. The second-order valence-corrected chi connectivity index (χ2v) is 6.01. The Balaban J connectivity index is 6.21. The molecule has 0 spiro atoms. The van der Waals surface area contributed by atoms with Crippen molar-refractivity contribution in [2.24, 2.45) is 0 Å². The van der Waals surface area contributed by atoms with Crippen LogP contribution in [-0.2, 0) is 48.7 Å². The minimum Gasteiger partial charge on any atom is -0.296 e. The first-order valence-corrected chi connectivity index (χ1v) is 9.08. The third-order valence-corrected chi connectivity index (χ3v) is 3.89. The first kappa shape index (κ1) is 29.9. The number of hydrogen-bond acceptors (Lipinski definition) is 16. The molecular formula is C16H26O16. The lowest BCUT2D eigenvalue weighted by Crippen LogP contribution is -2.47. The summed E-state index contributed by atoms with van der Waals surface area (Å²) in [6.07, 6.45) is 2.17. The van der Waals surface area contributed by atoms with Crippen LogP contribution in [0.25, 0.3) is 0 Å². The van der Waals surface area contributed by atoms with E-state index in [1.165, 1.54) is 0 Å². The van der Waals surface area contributed by atoms with Crippen molar-refractivity contribution in [3.05, 3.63) is 23.3 Å². The summed E-state index contributed by atoms with van der Waals surface area (Å²) in [5.74, 6) is -9.18. The van der Waals surface area contributed by atoms with E-state index in [9.17, 15) is 30.6 Å². The van der Waals surface area contributed by atoms with Gasteiger partial charge in [-0.3, -0.25) is 9.78 Å². The van der Waals surface area contributed by atoms with Gasteiger partial charge < -0.3 is 0 Å². The lowest BCUT2D eigenvalue weighted by molar-refractivity contribution is -0.676. The van der Waals surface area contributed by atoms with Gasteiger partial charge in [0, 0.05) is 23.3 Å². The van der Waals surface area contributed by atoms with Gasteiger partial charge in [-0.2, -0.15) is 39.8 Å². The molecule has 0 aromatic rings. The Kier molecular flexibility index (Phi) is 14.7. The molecule has 0 aromatic heterocycles. The van der Waals surface area contributed by atoms with Crippen LogP contribution < -0.4 is 0 Å². The molecule has 0 saturated carbocycles. The molecule has 0 aliphatic heterocycles. The molecule has 0 unspecified atom stereocenters. The van der Waals surface area contributed by atoms with E-state index in [0.29, 0.717) is 25.0 Å². The van der Waals surface area contributed by atoms with Crippen LogP contribution in [-0.4, -0.2) is 55.4 Å². The molecule has 0 saturated heterocycles. The Morgan fingerprint density at radius 3 is 1.19 bits per heavy atom. The smallest absolute Gasteiger partial charge is 0.296 e. The number of carbonyl (C=O) groups excluding carboxylic acids is 2. The molecule has 0 aromatic carbocycles. The van der Waals surface area contributed by atoms with Crippen molar-refractivity contribution in [2.75, 3.05) is 0 Å². The Bertz CT molecular complexity index is 568. The van der Waals surface area contributed by atoms with Crippen LogP contribution in [0.5, 0.6) is 0 Å². The van der Waals surface area contributed by atoms with Crippen molar-refractivity contribution in [2.45, 2.75) is 64.3 Å². The summed E-state index contributed by atoms with van der Waals surface area (Å²) in [7, 11) is 0. The highest BCUT2D eigenvalue weighted by Crippen LogP contribution is 2.34. The van der Waals surface area contributed by atoms with Crippen LogP contribution in [0, 0.1) is 0 Å². The lowest BCUT2D eigenvalue weighted by atomic mass is 10.1. The van der Waals surface area contributed by atoms with Gasteiger partial charge in [-0.05, 0) is 25.7 Å². The first-order valence-electron chi connectivity index (χ1n) is 9.08. The number of carbonyl (C=O) groups is 2. The Labute approximate surface area is 180 Å². The monoisotopic (exact) mass is 474 g/mol. The zero-order valence-electron chi connectivity index (χ0n) is 17.2. The molecule has 0 radical (unpaired) electrons. The molecule has 0 aliphatic carbocycles. The Hall–Kier alpha value is -2.06. The van der Waals surface area contributed by atoms with Crippen molar-refractivity contribution >= 4 is 11.9 Å². The second-order valence-electron chi connectivity index (χ2n) is 6.01. The zero-order chi connectivity index (χ0) is 24.6. The van der Waals surface area contributed by atoms with E-state index in [1.807, 2.05) is 0 Å². The standard InChI is InChI=1S/C16H26O16/c1-3-5-7-11(9-13(17)25-19)15(27-21,28-22)31-32-16(29-23,30-24)12(8-6-4-2)10-14(18)26-20/h9-10,19-24H,3-8H2,1-2H3. The highest BCUT2D eigenvalue weighted by atomic mass is 17.4. The van der Waals surface area contributed by atoms with E-state index >= 15 is 0 Å². The van der Waals surface area contributed by atoms with Crippen molar-refractivity contribution in [1.29, 1.82) is 0 Å². The van der Waals surface area contributed by atoms with Gasteiger partial charge in [-0.1, -0.05) is 26.7 Å². The summed E-state index contributed by atoms with van der Waals surface area (Å²) in [6, 6.07) is 0. The normalized spacial score (nSPS) is 13.2. The van der Waals surface area contributed by atoms with E-state index in [4.69, 9.17) is 10.5 Å². The molecular weight excluding hydrogens is 448 g/mol. The summed E-state index contributed by atoms with van der Waals surface area (Å²) in [4.78, 5) is 54.8. The van der Waals surface area contributed by atoms with Crippen molar-refractivity contribution in [3.8, 4) is 0 Å². The van der Waals surface area contributed by atoms with E-state index in [-0.39, 0.29) is 25.7 Å². The van der Waals surface area contributed by atoms with Crippen LogP contribution in [0.4, 0.5) is 0 Å².